The second kappa shape index (κ2) is 5.01. The van der Waals surface area contributed by atoms with Crippen LogP contribution in [-0.4, -0.2) is 21.3 Å². The van der Waals surface area contributed by atoms with Gasteiger partial charge in [0.15, 0.2) is 0 Å². The Bertz CT molecular complexity index is 620. The van der Waals surface area contributed by atoms with E-state index >= 15 is 0 Å². The molecule has 0 spiro atoms. The van der Waals surface area contributed by atoms with Crippen LogP contribution >= 0.6 is 11.6 Å². The van der Waals surface area contributed by atoms with E-state index in [0.29, 0.717) is 16.5 Å². The number of benzene rings is 1. The Morgan fingerprint density at radius 2 is 2.22 bits per heavy atom. The second-order valence-electron chi connectivity index (χ2n) is 3.58. The van der Waals surface area contributed by atoms with Gasteiger partial charge in [0, 0.05) is 22.7 Å². The predicted octanol–water partition coefficient (Wildman–Crippen LogP) is 2.80. The van der Waals surface area contributed by atoms with Gasteiger partial charge in [0.1, 0.15) is 0 Å². The molecular formula is C12H9ClN2O3. The van der Waals surface area contributed by atoms with Gasteiger partial charge in [0.25, 0.3) is 0 Å². The van der Waals surface area contributed by atoms with Crippen molar-refractivity contribution in [2.24, 2.45) is 0 Å². The van der Waals surface area contributed by atoms with Gasteiger partial charge in [0.05, 0.1) is 0 Å². The van der Waals surface area contributed by atoms with Crippen LogP contribution in [0.2, 0.25) is 5.02 Å². The summed E-state index contributed by atoms with van der Waals surface area (Å²) in [6.45, 7) is 1.89. The maximum atomic E-state index is 10.3. The molecule has 0 aliphatic rings. The molecule has 1 N–H and O–H groups in total. The van der Waals surface area contributed by atoms with E-state index in [2.05, 4.69) is 10.2 Å². The minimum Gasteiger partial charge on any atom is -0.478 e. The summed E-state index contributed by atoms with van der Waals surface area (Å²) in [5.41, 5.74) is 1.64. The molecule has 1 aromatic carbocycles. The molecule has 18 heavy (non-hydrogen) atoms. The van der Waals surface area contributed by atoms with E-state index in [4.69, 9.17) is 21.1 Å². The van der Waals surface area contributed by atoms with Crippen molar-refractivity contribution in [3.05, 3.63) is 40.8 Å². The third-order valence-electron chi connectivity index (χ3n) is 2.23. The lowest BCUT2D eigenvalue weighted by atomic mass is 10.1. The smallest absolute Gasteiger partial charge is 0.328 e. The van der Waals surface area contributed by atoms with Crippen LogP contribution in [-0.2, 0) is 4.79 Å². The van der Waals surface area contributed by atoms with Crippen LogP contribution in [0.25, 0.3) is 17.5 Å². The van der Waals surface area contributed by atoms with Gasteiger partial charge >= 0.3 is 5.97 Å². The Labute approximate surface area is 108 Å². The molecular weight excluding hydrogens is 256 g/mol. The van der Waals surface area contributed by atoms with Crippen LogP contribution in [0, 0.1) is 6.92 Å². The summed E-state index contributed by atoms with van der Waals surface area (Å²) >= 11 is 5.99. The lowest BCUT2D eigenvalue weighted by molar-refractivity contribution is -0.131. The summed E-state index contributed by atoms with van der Waals surface area (Å²) in [4.78, 5) is 10.3. The predicted molar refractivity (Wildman–Crippen MR) is 66.2 cm³/mol. The van der Waals surface area contributed by atoms with Crippen molar-refractivity contribution in [3.63, 3.8) is 0 Å². The van der Waals surface area contributed by atoms with Crippen molar-refractivity contribution in [2.75, 3.05) is 0 Å². The Kier molecular flexibility index (Phi) is 3.43. The summed E-state index contributed by atoms with van der Waals surface area (Å²) < 4.78 is 5.28. The maximum Gasteiger partial charge on any atom is 0.328 e. The summed E-state index contributed by atoms with van der Waals surface area (Å²) in [5.74, 6) is -0.654. The van der Waals surface area contributed by atoms with Crippen molar-refractivity contribution in [1.82, 2.24) is 10.2 Å². The zero-order valence-corrected chi connectivity index (χ0v) is 10.2. The highest BCUT2D eigenvalue weighted by Gasteiger charge is 2.08. The van der Waals surface area contributed by atoms with Crippen LogP contribution in [0.4, 0.5) is 0 Å². The molecule has 6 heteroatoms. The Morgan fingerprint density at radius 1 is 1.44 bits per heavy atom. The number of hydrogen-bond acceptors (Lipinski definition) is 4. The highest BCUT2D eigenvalue weighted by atomic mass is 35.5. The number of carboxylic acid groups (broad SMARTS) is 1. The third-order valence-corrected chi connectivity index (χ3v) is 2.64. The summed E-state index contributed by atoms with van der Waals surface area (Å²) in [7, 11) is 0. The summed E-state index contributed by atoms with van der Waals surface area (Å²) in [5, 5.41) is 16.6. The second-order valence-corrected chi connectivity index (χ2v) is 3.99. The standard InChI is InChI=1S/C12H9ClN2O3/c1-7-2-3-8(6-9(7)13)12-15-14-10(18-12)4-5-11(16)17/h2-6H,1H3,(H,16,17)/b5-4+. The van der Waals surface area contributed by atoms with E-state index in [0.717, 1.165) is 11.6 Å². The third kappa shape index (κ3) is 2.75. The fourth-order valence-corrected chi connectivity index (χ4v) is 1.47. The molecule has 1 aromatic heterocycles. The van der Waals surface area contributed by atoms with E-state index in [1.165, 1.54) is 6.08 Å². The highest BCUT2D eigenvalue weighted by molar-refractivity contribution is 6.31. The fraction of sp³-hybridized carbons (Fsp3) is 0.0833. The van der Waals surface area contributed by atoms with E-state index < -0.39 is 5.97 Å². The first-order valence-electron chi connectivity index (χ1n) is 5.07. The molecule has 0 bridgehead atoms. The summed E-state index contributed by atoms with van der Waals surface area (Å²) in [6.07, 6.45) is 2.16. The molecule has 0 aliphatic carbocycles. The Hall–Kier alpha value is -2.14. The zero-order valence-electron chi connectivity index (χ0n) is 9.42. The van der Waals surface area contributed by atoms with Crippen molar-refractivity contribution in [1.29, 1.82) is 0 Å². The van der Waals surface area contributed by atoms with Crippen molar-refractivity contribution >= 4 is 23.6 Å². The zero-order chi connectivity index (χ0) is 13.1. The van der Waals surface area contributed by atoms with Gasteiger partial charge in [-0.1, -0.05) is 17.7 Å². The minimum atomic E-state index is -1.08. The average molecular weight is 265 g/mol. The first-order chi connectivity index (χ1) is 8.56. The van der Waals surface area contributed by atoms with Crippen LogP contribution < -0.4 is 0 Å². The topological polar surface area (TPSA) is 76.2 Å². The molecule has 2 rings (SSSR count). The SMILES string of the molecule is Cc1ccc(-c2nnc(/C=C/C(=O)O)o2)cc1Cl. The first-order valence-corrected chi connectivity index (χ1v) is 5.45. The molecule has 92 valence electrons. The number of rotatable bonds is 3. The number of hydrogen-bond donors (Lipinski definition) is 1. The van der Waals surface area contributed by atoms with E-state index in [9.17, 15) is 4.79 Å². The molecule has 0 saturated heterocycles. The molecule has 2 aromatic rings. The average Bonchev–Trinajstić information content (AvgIpc) is 2.79. The van der Waals surface area contributed by atoms with E-state index in [-0.39, 0.29) is 5.89 Å². The van der Waals surface area contributed by atoms with Crippen LogP contribution in [0.5, 0.6) is 0 Å². The summed E-state index contributed by atoms with van der Waals surface area (Å²) in [6, 6.07) is 5.36. The quantitative estimate of drug-likeness (QED) is 0.863. The number of aryl methyl sites for hydroxylation is 1. The number of aliphatic carboxylic acids is 1. The van der Waals surface area contributed by atoms with Gasteiger partial charge in [-0.25, -0.2) is 4.79 Å². The van der Waals surface area contributed by atoms with Crippen molar-refractivity contribution in [2.45, 2.75) is 6.92 Å². The normalized spacial score (nSPS) is 11.0. The Morgan fingerprint density at radius 3 is 2.89 bits per heavy atom. The van der Waals surface area contributed by atoms with Gasteiger partial charge in [-0.3, -0.25) is 0 Å². The van der Waals surface area contributed by atoms with Gasteiger partial charge in [-0.05, 0) is 24.6 Å². The number of carboxylic acids is 1. The number of carbonyl (C=O) groups is 1. The number of halogens is 1. The minimum absolute atomic E-state index is 0.129. The van der Waals surface area contributed by atoms with Crippen LogP contribution in [0.15, 0.2) is 28.7 Å². The molecule has 1 heterocycles. The first kappa shape index (κ1) is 12.3. The maximum absolute atomic E-state index is 10.3. The number of aromatic nitrogens is 2. The molecule has 0 radical (unpaired) electrons. The van der Waals surface area contributed by atoms with Crippen molar-refractivity contribution in [3.8, 4) is 11.5 Å². The number of nitrogens with zero attached hydrogens (tertiary/aromatic N) is 2. The van der Waals surface area contributed by atoms with Crippen LogP contribution in [0.1, 0.15) is 11.5 Å². The molecule has 0 atom stereocenters. The lowest BCUT2D eigenvalue weighted by Gasteiger charge is -1.98. The van der Waals surface area contributed by atoms with Crippen LogP contribution in [0.3, 0.4) is 0 Å². The fourth-order valence-electron chi connectivity index (χ4n) is 1.29. The monoisotopic (exact) mass is 264 g/mol. The molecule has 0 amide bonds. The van der Waals surface area contributed by atoms with Gasteiger partial charge < -0.3 is 9.52 Å². The van der Waals surface area contributed by atoms with E-state index in [1.54, 1.807) is 12.1 Å². The van der Waals surface area contributed by atoms with E-state index in [1.807, 2.05) is 13.0 Å². The Balaban J connectivity index is 2.29. The molecule has 0 aliphatic heterocycles. The molecule has 0 saturated carbocycles. The van der Waals surface area contributed by atoms with Gasteiger partial charge in [-0.2, -0.15) is 0 Å². The molecule has 0 unspecified atom stereocenters. The van der Waals surface area contributed by atoms with Gasteiger partial charge in [0.2, 0.25) is 11.8 Å². The van der Waals surface area contributed by atoms with Crippen molar-refractivity contribution < 1.29 is 14.3 Å². The van der Waals surface area contributed by atoms with Gasteiger partial charge in [-0.15, -0.1) is 10.2 Å². The largest absolute Gasteiger partial charge is 0.478 e. The molecule has 5 nitrogen and oxygen atoms in total. The highest BCUT2D eigenvalue weighted by Crippen LogP contribution is 2.24. The molecule has 0 fully saturated rings. The lowest BCUT2D eigenvalue weighted by Crippen LogP contribution is -1.85.